The third kappa shape index (κ3) is 3.25. The average molecular weight is 495 g/mol. The van der Waals surface area contributed by atoms with Crippen molar-refractivity contribution in [1.82, 2.24) is 24.5 Å². The van der Waals surface area contributed by atoms with Gasteiger partial charge in [-0.2, -0.15) is 9.67 Å². The zero-order valence-electron chi connectivity index (χ0n) is 16.8. The highest BCUT2D eigenvalue weighted by atomic mass is 79.9. The molecule has 2 aromatic heterocycles. The Morgan fingerprint density at radius 3 is 2.55 bits per heavy atom. The summed E-state index contributed by atoms with van der Waals surface area (Å²) in [5.74, 6) is 0.620. The molecule has 0 saturated carbocycles. The molecule has 0 bridgehead atoms. The standard InChI is InChI=1S/C23H17BrClN5O/c1-13(2)14-7-3-5-9-19(14)29-21-12-16(24)17(25)11-15(21)22(26-23(29)31)30-20-10-6-4-8-18(20)27-28-30/h3-13H,1-2H3. The third-order valence-corrected chi connectivity index (χ3v) is 6.46. The molecule has 2 heterocycles. The molecule has 0 aliphatic heterocycles. The first kappa shape index (κ1) is 19.9. The molecule has 0 fully saturated rings. The molecular weight excluding hydrogens is 478 g/mol. The lowest BCUT2D eigenvalue weighted by Gasteiger charge is -2.18. The summed E-state index contributed by atoms with van der Waals surface area (Å²) in [5.41, 5.74) is 3.61. The highest BCUT2D eigenvalue weighted by Crippen LogP contribution is 2.33. The molecule has 5 rings (SSSR count). The predicted molar refractivity (Wildman–Crippen MR) is 127 cm³/mol. The van der Waals surface area contributed by atoms with Crippen LogP contribution in [0.15, 0.2) is 69.9 Å². The number of para-hydroxylation sites is 2. The molecule has 154 valence electrons. The topological polar surface area (TPSA) is 65.6 Å². The SMILES string of the molecule is CC(C)c1ccccc1-n1c(=O)nc(-n2nnc3ccccc32)c2cc(Cl)c(Br)cc21. The van der Waals surface area contributed by atoms with Gasteiger partial charge in [0.05, 0.1) is 21.7 Å². The lowest BCUT2D eigenvalue weighted by atomic mass is 10.0. The normalized spacial score (nSPS) is 11.6. The highest BCUT2D eigenvalue weighted by molar-refractivity contribution is 9.10. The van der Waals surface area contributed by atoms with Crippen molar-refractivity contribution in [2.24, 2.45) is 0 Å². The molecule has 0 N–H and O–H groups in total. The first-order valence-corrected chi connectivity index (χ1v) is 10.9. The number of benzene rings is 3. The van der Waals surface area contributed by atoms with Gasteiger partial charge >= 0.3 is 5.69 Å². The van der Waals surface area contributed by atoms with E-state index in [9.17, 15) is 4.79 Å². The lowest BCUT2D eigenvalue weighted by molar-refractivity contribution is 0.786. The summed E-state index contributed by atoms with van der Waals surface area (Å²) in [6.07, 6.45) is 0. The van der Waals surface area contributed by atoms with Crippen LogP contribution in [-0.4, -0.2) is 24.5 Å². The van der Waals surface area contributed by atoms with Crippen LogP contribution in [0.5, 0.6) is 0 Å². The van der Waals surface area contributed by atoms with Crippen LogP contribution in [0.1, 0.15) is 25.3 Å². The van der Waals surface area contributed by atoms with Gasteiger partial charge in [0.15, 0.2) is 5.82 Å². The maximum absolute atomic E-state index is 13.4. The van der Waals surface area contributed by atoms with Crippen molar-refractivity contribution in [3.63, 3.8) is 0 Å². The van der Waals surface area contributed by atoms with Gasteiger partial charge in [-0.1, -0.05) is 61.0 Å². The minimum absolute atomic E-state index is 0.229. The number of hydrogen-bond donors (Lipinski definition) is 0. The van der Waals surface area contributed by atoms with Gasteiger partial charge in [-0.15, -0.1) is 5.10 Å². The largest absolute Gasteiger partial charge is 0.354 e. The number of hydrogen-bond acceptors (Lipinski definition) is 4. The molecule has 0 aliphatic rings. The van der Waals surface area contributed by atoms with Crippen molar-refractivity contribution in [3.05, 3.63) is 86.2 Å². The third-order valence-electron chi connectivity index (χ3n) is 5.27. The van der Waals surface area contributed by atoms with Crippen LogP contribution in [0.2, 0.25) is 5.02 Å². The predicted octanol–water partition coefficient (Wildman–Crippen LogP) is 5.66. The summed E-state index contributed by atoms with van der Waals surface area (Å²) in [6.45, 7) is 4.20. The summed E-state index contributed by atoms with van der Waals surface area (Å²) in [7, 11) is 0. The molecule has 3 aromatic carbocycles. The quantitative estimate of drug-likeness (QED) is 0.325. The van der Waals surface area contributed by atoms with Crippen LogP contribution in [0.25, 0.3) is 33.4 Å². The molecule has 0 spiro atoms. The molecule has 31 heavy (non-hydrogen) atoms. The molecule has 0 radical (unpaired) electrons. The van der Waals surface area contributed by atoms with Crippen molar-refractivity contribution in [2.75, 3.05) is 0 Å². The number of nitrogens with zero attached hydrogens (tertiary/aromatic N) is 5. The Bertz CT molecular complexity index is 1520. The fourth-order valence-corrected chi connectivity index (χ4v) is 4.30. The van der Waals surface area contributed by atoms with E-state index in [1.807, 2.05) is 54.6 Å². The molecule has 0 amide bonds. The zero-order chi connectivity index (χ0) is 21.7. The molecule has 0 atom stereocenters. The summed E-state index contributed by atoms with van der Waals surface area (Å²) >= 11 is 9.96. The molecular formula is C23H17BrClN5O. The molecule has 0 saturated heterocycles. The van der Waals surface area contributed by atoms with E-state index < -0.39 is 5.69 Å². The van der Waals surface area contributed by atoms with Gasteiger partial charge < -0.3 is 0 Å². The minimum Gasteiger partial charge on any atom is -0.260 e. The van der Waals surface area contributed by atoms with Crippen molar-refractivity contribution >= 4 is 49.5 Å². The van der Waals surface area contributed by atoms with Gasteiger partial charge in [-0.3, -0.25) is 4.57 Å². The Labute approximate surface area is 191 Å². The minimum atomic E-state index is -0.399. The first-order valence-electron chi connectivity index (χ1n) is 9.77. The van der Waals surface area contributed by atoms with Crippen LogP contribution < -0.4 is 5.69 Å². The number of aromatic nitrogens is 5. The average Bonchev–Trinajstić information content (AvgIpc) is 3.18. The van der Waals surface area contributed by atoms with E-state index in [0.29, 0.717) is 26.2 Å². The molecule has 6 nitrogen and oxygen atoms in total. The van der Waals surface area contributed by atoms with E-state index >= 15 is 0 Å². The Morgan fingerprint density at radius 1 is 1.00 bits per heavy atom. The maximum atomic E-state index is 13.4. The van der Waals surface area contributed by atoms with Gasteiger partial charge in [0, 0.05) is 9.86 Å². The maximum Gasteiger partial charge on any atom is 0.354 e. The van der Waals surface area contributed by atoms with Crippen molar-refractivity contribution in [2.45, 2.75) is 19.8 Å². The monoisotopic (exact) mass is 493 g/mol. The number of fused-ring (bicyclic) bond motifs is 2. The second-order valence-corrected chi connectivity index (χ2v) is 8.80. The molecule has 0 unspecified atom stereocenters. The summed E-state index contributed by atoms with van der Waals surface area (Å²) in [6, 6.07) is 19.1. The van der Waals surface area contributed by atoms with Gasteiger partial charge in [0.1, 0.15) is 5.52 Å². The zero-order valence-corrected chi connectivity index (χ0v) is 19.1. The number of halogens is 2. The van der Waals surface area contributed by atoms with E-state index in [-0.39, 0.29) is 5.92 Å². The van der Waals surface area contributed by atoms with Crippen LogP contribution in [0, 0.1) is 0 Å². The van der Waals surface area contributed by atoms with E-state index in [4.69, 9.17) is 11.6 Å². The van der Waals surface area contributed by atoms with Crippen molar-refractivity contribution in [3.8, 4) is 11.5 Å². The van der Waals surface area contributed by atoms with Gasteiger partial charge in [-0.25, -0.2) is 4.79 Å². The van der Waals surface area contributed by atoms with Crippen LogP contribution >= 0.6 is 27.5 Å². The van der Waals surface area contributed by atoms with Gasteiger partial charge in [0.25, 0.3) is 0 Å². The first-order chi connectivity index (χ1) is 15.0. The van der Waals surface area contributed by atoms with Gasteiger partial charge in [0.2, 0.25) is 0 Å². The Kier molecular flexibility index (Phi) is 4.87. The van der Waals surface area contributed by atoms with Crippen molar-refractivity contribution in [1.29, 1.82) is 0 Å². The van der Waals surface area contributed by atoms with Crippen LogP contribution in [-0.2, 0) is 0 Å². The Hall–Kier alpha value is -3.03. The van der Waals surface area contributed by atoms with Gasteiger partial charge in [-0.05, 0) is 57.7 Å². The molecule has 8 heteroatoms. The fourth-order valence-electron chi connectivity index (χ4n) is 3.80. The Morgan fingerprint density at radius 2 is 1.74 bits per heavy atom. The van der Waals surface area contributed by atoms with E-state index in [2.05, 4.69) is 45.1 Å². The van der Waals surface area contributed by atoms with Crippen molar-refractivity contribution < 1.29 is 0 Å². The second-order valence-electron chi connectivity index (χ2n) is 7.54. The van der Waals surface area contributed by atoms with E-state index in [1.54, 1.807) is 15.3 Å². The van der Waals surface area contributed by atoms with Crippen LogP contribution in [0.4, 0.5) is 0 Å². The summed E-state index contributed by atoms with van der Waals surface area (Å²) in [4.78, 5) is 17.8. The highest BCUT2D eigenvalue weighted by Gasteiger charge is 2.19. The molecule has 0 aliphatic carbocycles. The second kappa shape index (κ2) is 7.59. The Balaban J connectivity index is 1.92. The van der Waals surface area contributed by atoms with E-state index in [0.717, 1.165) is 22.3 Å². The number of rotatable bonds is 3. The lowest BCUT2D eigenvalue weighted by Crippen LogP contribution is -2.25. The smallest absolute Gasteiger partial charge is 0.260 e. The molecule has 5 aromatic rings. The van der Waals surface area contributed by atoms with E-state index in [1.165, 1.54) is 0 Å². The summed E-state index contributed by atoms with van der Waals surface area (Å²) in [5, 5.41) is 9.68. The fraction of sp³-hybridized carbons (Fsp3) is 0.130. The summed E-state index contributed by atoms with van der Waals surface area (Å²) < 4.78 is 3.91. The van der Waals surface area contributed by atoms with Crippen LogP contribution in [0.3, 0.4) is 0 Å².